The summed E-state index contributed by atoms with van der Waals surface area (Å²) in [5.41, 5.74) is 5.72. The van der Waals surface area contributed by atoms with Crippen LogP contribution in [0.4, 0.5) is 8.78 Å². The molecule has 1 heterocycles. The van der Waals surface area contributed by atoms with Crippen LogP contribution in [0.1, 0.15) is 39.9 Å². The summed E-state index contributed by atoms with van der Waals surface area (Å²) < 4.78 is 52.3. The third kappa shape index (κ3) is 5.41. The number of nitrogens with one attached hydrogen (secondary N) is 3. The van der Waals surface area contributed by atoms with Crippen molar-refractivity contribution in [2.24, 2.45) is 5.92 Å². The Balaban J connectivity index is 1.46. The van der Waals surface area contributed by atoms with Crippen molar-refractivity contribution in [1.29, 1.82) is 0 Å². The smallest absolute Gasteiger partial charge is 0.273 e. The van der Waals surface area contributed by atoms with Crippen molar-refractivity contribution in [1.82, 2.24) is 15.6 Å². The molecule has 0 fully saturated rings. The molecule has 3 rings (SSSR count). The molecular weight excluding hydrogens is 436 g/mol. The Hall–Kier alpha value is -2.37. The maximum absolute atomic E-state index is 13.2. The van der Waals surface area contributed by atoms with Gasteiger partial charge in [-0.3, -0.25) is 20.4 Å². The second-order valence-corrected chi connectivity index (χ2v) is 10.0. The summed E-state index contributed by atoms with van der Waals surface area (Å²) in [6.45, 7) is 1.88. The minimum absolute atomic E-state index is 0.262. The molecule has 3 N–H and O–H groups in total. The van der Waals surface area contributed by atoms with Crippen molar-refractivity contribution in [2.75, 3.05) is 6.54 Å². The molecule has 1 aliphatic carbocycles. The van der Waals surface area contributed by atoms with E-state index in [0.717, 1.165) is 25.3 Å². The van der Waals surface area contributed by atoms with Crippen LogP contribution in [0.5, 0.6) is 0 Å². The topological polar surface area (TPSA) is 104 Å². The minimum atomic E-state index is -4.10. The lowest BCUT2D eigenvalue weighted by molar-refractivity contribution is -0.121. The van der Waals surface area contributed by atoms with Crippen molar-refractivity contribution < 1.29 is 26.8 Å². The van der Waals surface area contributed by atoms with E-state index in [0.29, 0.717) is 22.9 Å². The molecule has 0 saturated heterocycles. The summed E-state index contributed by atoms with van der Waals surface area (Å²) in [7, 11) is -4.10. The van der Waals surface area contributed by atoms with E-state index in [4.69, 9.17) is 0 Å². The van der Waals surface area contributed by atoms with Gasteiger partial charge >= 0.3 is 0 Å². The number of halogens is 2. The first-order valence-electron chi connectivity index (χ1n) is 9.31. The van der Waals surface area contributed by atoms with Gasteiger partial charge in [0.15, 0.2) is 11.6 Å². The molecule has 11 heteroatoms. The van der Waals surface area contributed by atoms with Crippen LogP contribution in [-0.4, -0.2) is 26.8 Å². The fourth-order valence-corrected chi connectivity index (χ4v) is 5.24. The van der Waals surface area contributed by atoms with E-state index in [-0.39, 0.29) is 13.0 Å². The van der Waals surface area contributed by atoms with Crippen LogP contribution in [0, 0.1) is 17.6 Å². The second kappa shape index (κ2) is 9.19. The molecule has 162 valence electrons. The molecule has 1 unspecified atom stereocenters. The lowest BCUT2D eigenvalue weighted by Crippen LogP contribution is -2.42. The molecule has 1 atom stereocenters. The van der Waals surface area contributed by atoms with E-state index in [2.05, 4.69) is 22.5 Å². The fraction of sp³-hybridized carbons (Fsp3) is 0.368. The van der Waals surface area contributed by atoms with Crippen LogP contribution < -0.4 is 15.6 Å². The van der Waals surface area contributed by atoms with Gasteiger partial charge in [-0.05, 0) is 55.0 Å². The molecule has 30 heavy (non-hydrogen) atoms. The predicted molar refractivity (Wildman–Crippen MR) is 107 cm³/mol. The molecule has 0 bridgehead atoms. The molecule has 1 aromatic heterocycles. The normalized spacial score (nSPS) is 16.0. The highest BCUT2D eigenvalue weighted by atomic mass is 32.2. The van der Waals surface area contributed by atoms with Crippen molar-refractivity contribution in [2.45, 2.75) is 37.5 Å². The van der Waals surface area contributed by atoms with Gasteiger partial charge in [-0.25, -0.2) is 21.9 Å². The lowest BCUT2D eigenvalue weighted by atomic mass is 9.90. The Labute approximate surface area is 176 Å². The van der Waals surface area contributed by atoms with Crippen molar-refractivity contribution in [3.63, 3.8) is 0 Å². The monoisotopic (exact) mass is 457 g/mol. The van der Waals surface area contributed by atoms with Gasteiger partial charge in [0.2, 0.25) is 15.9 Å². The molecule has 1 aromatic carbocycles. The van der Waals surface area contributed by atoms with Crippen LogP contribution in [0.25, 0.3) is 0 Å². The zero-order valence-electron chi connectivity index (χ0n) is 16.1. The number of carbonyl (C=O) groups excluding carboxylic acids is 2. The number of hydrogen-bond acceptors (Lipinski definition) is 5. The van der Waals surface area contributed by atoms with E-state index in [1.54, 1.807) is 0 Å². The Morgan fingerprint density at radius 1 is 1.17 bits per heavy atom. The third-order valence-corrected chi connectivity index (χ3v) is 7.41. The lowest BCUT2D eigenvalue weighted by Gasteiger charge is -2.16. The Kier molecular flexibility index (Phi) is 6.84. The average Bonchev–Trinajstić information content (AvgIpc) is 3.11. The standard InChI is InChI=1S/C19H21F2N3O4S2/c1-11-2-5-16-12(8-11)9-17(29-16)19(26)24-23-18(25)6-7-22-30(27,28)13-3-4-14(20)15(21)10-13/h3-4,9-11,22H,2,5-8H2,1H3,(H,23,25)(H,24,26). The zero-order valence-corrected chi connectivity index (χ0v) is 17.8. The van der Waals surface area contributed by atoms with E-state index < -0.39 is 38.4 Å². The molecule has 0 aliphatic heterocycles. The highest BCUT2D eigenvalue weighted by Crippen LogP contribution is 2.32. The molecular formula is C19H21F2N3O4S2. The molecule has 0 saturated carbocycles. The largest absolute Gasteiger partial charge is 0.279 e. The summed E-state index contributed by atoms with van der Waals surface area (Å²) >= 11 is 1.41. The van der Waals surface area contributed by atoms with Gasteiger partial charge in [0, 0.05) is 17.8 Å². The number of hydrazine groups is 1. The average molecular weight is 458 g/mol. The SMILES string of the molecule is CC1CCc2sc(C(=O)NNC(=O)CCNS(=O)(=O)c3ccc(F)c(F)c3)cc2C1. The van der Waals surface area contributed by atoms with Crippen LogP contribution in [-0.2, 0) is 27.7 Å². The van der Waals surface area contributed by atoms with Crippen molar-refractivity contribution in [3.8, 4) is 0 Å². The van der Waals surface area contributed by atoms with E-state index in [9.17, 15) is 26.8 Å². The van der Waals surface area contributed by atoms with Crippen molar-refractivity contribution >= 4 is 33.2 Å². The van der Waals surface area contributed by atoms with Gasteiger partial charge in [-0.2, -0.15) is 0 Å². The van der Waals surface area contributed by atoms with Gasteiger partial charge in [0.05, 0.1) is 9.77 Å². The Bertz CT molecular complexity index is 1070. The molecule has 2 aromatic rings. The minimum Gasteiger partial charge on any atom is -0.273 e. The maximum atomic E-state index is 13.2. The Morgan fingerprint density at radius 2 is 1.93 bits per heavy atom. The van der Waals surface area contributed by atoms with Crippen LogP contribution in [0.15, 0.2) is 29.2 Å². The van der Waals surface area contributed by atoms with E-state index in [1.807, 2.05) is 6.07 Å². The number of aryl methyl sites for hydroxylation is 1. The van der Waals surface area contributed by atoms with Gasteiger partial charge in [-0.15, -0.1) is 11.3 Å². The summed E-state index contributed by atoms with van der Waals surface area (Å²) in [4.78, 5) is 25.3. The predicted octanol–water partition coefficient (Wildman–Crippen LogP) is 2.28. The molecule has 0 spiro atoms. The second-order valence-electron chi connectivity index (χ2n) is 7.13. The highest BCUT2D eigenvalue weighted by Gasteiger charge is 2.21. The number of carbonyl (C=O) groups is 2. The van der Waals surface area contributed by atoms with Crippen LogP contribution in [0.3, 0.4) is 0 Å². The number of benzene rings is 1. The molecule has 7 nitrogen and oxygen atoms in total. The first kappa shape index (κ1) is 22.3. The van der Waals surface area contributed by atoms with E-state index >= 15 is 0 Å². The fourth-order valence-electron chi connectivity index (χ4n) is 3.09. The summed E-state index contributed by atoms with van der Waals surface area (Å²) in [5.74, 6) is -2.91. The number of thiophene rings is 1. The molecule has 0 radical (unpaired) electrons. The summed E-state index contributed by atoms with van der Waals surface area (Å²) in [5, 5.41) is 0. The Morgan fingerprint density at radius 3 is 2.67 bits per heavy atom. The zero-order chi connectivity index (χ0) is 21.9. The van der Waals surface area contributed by atoms with Gasteiger partial charge in [-0.1, -0.05) is 6.92 Å². The number of amides is 2. The van der Waals surface area contributed by atoms with Gasteiger partial charge < -0.3 is 0 Å². The van der Waals surface area contributed by atoms with Gasteiger partial charge in [0.25, 0.3) is 5.91 Å². The molecule has 2 amide bonds. The first-order chi connectivity index (χ1) is 14.2. The van der Waals surface area contributed by atoms with Crippen LogP contribution >= 0.6 is 11.3 Å². The van der Waals surface area contributed by atoms with Crippen molar-refractivity contribution in [3.05, 3.63) is 51.2 Å². The number of fused-ring (bicyclic) bond motifs is 1. The summed E-state index contributed by atoms with van der Waals surface area (Å²) in [6, 6.07) is 4.02. The number of hydrogen-bond donors (Lipinski definition) is 3. The van der Waals surface area contributed by atoms with Gasteiger partial charge in [0.1, 0.15) is 0 Å². The number of rotatable bonds is 6. The highest BCUT2D eigenvalue weighted by molar-refractivity contribution is 7.89. The molecule has 1 aliphatic rings. The number of sulfonamides is 1. The maximum Gasteiger partial charge on any atom is 0.279 e. The third-order valence-electron chi connectivity index (χ3n) is 4.71. The van der Waals surface area contributed by atoms with Crippen LogP contribution in [0.2, 0.25) is 0 Å². The quantitative estimate of drug-likeness (QED) is 0.579. The van der Waals surface area contributed by atoms with E-state index in [1.165, 1.54) is 21.8 Å². The first-order valence-corrected chi connectivity index (χ1v) is 11.6. The summed E-state index contributed by atoms with van der Waals surface area (Å²) in [6.07, 6.45) is 2.70.